The Hall–Kier alpha value is -2.23. The molecule has 1 unspecified atom stereocenters. The summed E-state index contributed by atoms with van der Waals surface area (Å²) >= 11 is 0. The molecule has 5 nitrogen and oxygen atoms in total. The van der Waals surface area contributed by atoms with Gasteiger partial charge in [-0.15, -0.1) is 0 Å². The third kappa shape index (κ3) is 4.72. The molecular formula is C28H36N2O3. The van der Waals surface area contributed by atoms with E-state index in [0.717, 1.165) is 37.1 Å². The van der Waals surface area contributed by atoms with E-state index >= 15 is 0 Å². The molecule has 4 rings (SSSR count). The SMILES string of the molecule is CC(C)c1ccc([C@](O)(c2cncc(C#CC(O)C3CCOCC3)c2)C2(C)CN(C)C2)cc1. The highest BCUT2D eigenvalue weighted by molar-refractivity contribution is 5.44. The van der Waals surface area contributed by atoms with Crippen LogP contribution >= 0.6 is 0 Å². The highest BCUT2D eigenvalue weighted by Gasteiger charge is 2.55. The number of hydrogen-bond acceptors (Lipinski definition) is 5. The van der Waals surface area contributed by atoms with Crippen LogP contribution in [0.4, 0.5) is 0 Å². The number of nitrogens with zero attached hydrogens (tertiary/aromatic N) is 2. The zero-order chi connectivity index (χ0) is 23.6. The lowest BCUT2D eigenvalue weighted by molar-refractivity contribution is -0.127. The first-order valence-corrected chi connectivity index (χ1v) is 12.0. The summed E-state index contributed by atoms with van der Waals surface area (Å²) in [5, 5.41) is 22.8. The number of benzene rings is 1. The highest BCUT2D eigenvalue weighted by Crippen LogP contribution is 2.50. The summed E-state index contributed by atoms with van der Waals surface area (Å²) in [6, 6.07) is 10.2. The van der Waals surface area contributed by atoms with Gasteiger partial charge in [-0.2, -0.15) is 0 Å². The van der Waals surface area contributed by atoms with E-state index in [2.05, 4.69) is 61.7 Å². The molecule has 3 heterocycles. The molecule has 0 aliphatic carbocycles. The summed E-state index contributed by atoms with van der Waals surface area (Å²) in [4.78, 5) is 6.64. The van der Waals surface area contributed by atoms with Crippen molar-refractivity contribution in [1.82, 2.24) is 9.88 Å². The summed E-state index contributed by atoms with van der Waals surface area (Å²) in [5.74, 6) is 6.67. The summed E-state index contributed by atoms with van der Waals surface area (Å²) in [5.41, 5.74) is 2.01. The van der Waals surface area contributed by atoms with Crippen molar-refractivity contribution < 1.29 is 14.9 Å². The van der Waals surface area contributed by atoms with Crippen LogP contribution < -0.4 is 0 Å². The first-order chi connectivity index (χ1) is 15.7. The van der Waals surface area contributed by atoms with Crippen molar-refractivity contribution in [3.63, 3.8) is 0 Å². The van der Waals surface area contributed by atoms with Crippen LogP contribution in [-0.2, 0) is 10.3 Å². The number of aliphatic hydroxyl groups excluding tert-OH is 1. The van der Waals surface area contributed by atoms with Crippen LogP contribution in [0.2, 0.25) is 0 Å². The van der Waals surface area contributed by atoms with Gasteiger partial charge in [-0.05, 0) is 43.0 Å². The number of ether oxygens (including phenoxy) is 1. The monoisotopic (exact) mass is 448 g/mol. The van der Waals surface area contributed by atoms with Crippen LogP contribution in [0.3, 0.4) is 0 Å². The van der Waals surface area contributed by atoms with E-state index in [4.69, 9.17) is 4.74 Å². The highest BCUT2D eigenvalue weighted by atomic mass is 16.5. The number of rotatable bonds is 5. The lowest BCUT2D eigenvalue weighted by atomic mass is 9.62. The quantitative estimate of drug-likeness (QED) is 0.685. The van der Waals surface area contributed by atoms with Crippen LogP contribution in [0.5, 0.6) is 0 Å². The Labute approximate surface area is 197 Å². The van der Waals surface area contributed by atoms with E-state index in [1.54, 1.807) is 12.4 Å². The van der Waals surface area contributed by atoms with Crippen molar-refractivity contribution in [2.45, 2.75) is 51.2 Å². The average Bonchev–Trinajstić information content (AvgIpc) is 2.81. The number of aromatic nitrogens is 1. The van der Waals surface area contributed by atoms with E-state index in [-0.39, 0.29) is 11.3 Å². The minimum Gasteiger partial charge on any atom is -0.381 e. The molecular weight excluding hydrogens is 412 g/mol. The van der Waals surface area contributed by atoms with Gasteiger partial charge in [0.2, 0.25) is 0 Å². The number of likely N-dealkylation sites (tertiary alicyclic amines) is 1. The zero-order valence-corrected chi connectivity index (χ0v) is 20.2. The predicted octanol–water partition coefficient (Wildman–Crippen LogP) is 3.53. The molecule has 33 heavy (non-hydrogen) atoms. The van der Waals surface area contributed by atoms with Crippen molar-refractivity contribution in [2.75, 3.05) is 33.4 Å². The first kappa shape index (κ1) is 23.9. The molecule has 2 N–H and O–H groups in total. The maximum Gasteiger partial charge on any atom is 0.124 e. The van der Waals surface area contributed by atoms with Crippen LogP contribution in [-0.4, -0.2) is 59.6 Å². The Bertz CT molecular complexity index is 1010. The first-order valence-electron chi connectivity index (χ1n) is 12.0. The number of pyridine rings is 1. The summed E-state index contributed by atoms with van der Waals surface area (Å²) in [7, 11) is 2.07. The van der Waals surface area contributed by atoms with Crippen molar-refractivity contribution in [3.8, 4) is 11.8 Å². The van der Waals surface area contributed by atoms with Gasteiger partial charge in [0, 0.05) is 61.2 Å². The number of hydrogen-bond donors (Lipinski definition) is 2. The van der Waals surface area contributed by atoms with Gasteiger partial charge in [-0.25, -0.2) is 0 Å². The molecule has 2 fully saturated rings. The molecule has 2 aromatic rings. The molecule has 2 atom stereocenters. The van der Waals surface area contributed by atoms with Crippen molar-refractivity contribution >= 4 is 0 Å². The molecule has 2 saturated heterocycles. The van der Waals surface area contributed by atoms with Crippen molar-refractivity contribution in [2.24, 2.45) is 11.3 Å². The third-order valence-corrected chi connectivity index (χ3v) is 7.34. The lowest BCUT2D eigenvalue weighted by Crippen LogP contribution is -2.63. The summed E-state index contributed by atoms with van der Waals surface area (Å²) in [6.45, 7) is 9.40. The molecule has 0 saturated carbocycles. The van der Waals surface area contributed by atoms with Crippen LogP contribution in [0, 0.1) is 23.2 Å². The van der Waals surface area contributed by atoms with E-state index < -0.39 is 11.7 Å². The predicted molar refractivity (Wildman–Crippen MR) is 130 cm³/mol. The fourth-order valence-electron chi connectivity index (χ4n) is 5.36. The van der Waals surface area contributed by atoms with Gasteiger partial charge in [0.1, 0.15) is 11.7 Å². The Kier molecular flexibility index (Phi) is 6.93. The van der Waals surface area contributed by atoms with E-state index in [1.165, 1.54) is 5.56 Å². The fraction of sp³-hybridized carbons (Fsp3) is 0.536. The van der Waals surface area contributed by atoms with Gasteiger partial charge >= 0.3 is 0 Å². The molecule has 2 aliphatic heterocycles. The van der Waals surface area contributed by atoms with E-state index in [9.17, 15) is 10.2 Å². The van der Waals surface area contributed by atoms with Gasteiger partial charge < -0.3 is 19.8 Å². The Balaban J connectivity index is 1.68. The van der Waals surface area contributed by atoms with Crippen molar-refractivity contribution in [3.05, 3.63) is 65.0 Å². The molecule has 176 valence electrons. The zero-order valence-electron chi connectivity index (χ0n) is 20.2. The topological polar surface area (TPSA) is 65.8 Å². The standard InChI is InChI=1S/C28H36N2O3/c1-20(2)22-6-8-24(9-7-22)28(32,27(3)18-30(4)19-27)25-15-21(16-29-17-25)5-10-26(31)23-11-13-33-14-12-23/h6-9,15-17,20,23,26,31-32H,11-14,18-19H2,1-4H3/t26?,28-/m0/s1. The van der Waals surface area contributed by atoms with Gasteiger partial charge in [-0.1, -0.05) is 56.9 Å². The van der Waals surface area contributed by atoms with Crippen LogP contribution in [0.25, 0.3) is 0 Å². The van der Waals surface area contributed by atoms with Gasteiger partial charge in [-0.3, -0.25) is 4.98 Å². The smallest absolute Gasteiger partial charge is 0.124 e. The molecule has 1 aromatic heterocycles. The third-order valence-electron chi connectivity index (χ3n) is 7.34. The maximum absolute atomic E-state index is 12.3. The second kappa shape index (κ2) is 9.56. The molecule has 1 aromatic carbocycles. The van der Waals surface area contributed by atoms with E-state index in [1.807, 2.05) is 18.2 Å². The second-order valence-electron chi connectivity index (χ2n) is 10.3. The Morgan fingerprint density at radius 1 is 1.12 bits per heavy atom. The summed E-state index contributed by atoms with van der Waals surface area (Å²) < 4.78 is 5.38. The van der Waals surface area contributed by atoms with Gasteiger partial charge in [0.25, 0.3) is 0 Å². The molecule has 0 spiro atoms. The normalized spacial score (nSPS) is 21.5. The minimum atomic E-state index is -1.20. The van der Waals surface area contributed by atoms with Gasteiger partial charge in [0.05, 0.1) is 0 Å². The molecule has 2 aliphatic rings. The Morgan fingerprint density at radius 3 is 2.39 bits per heavy atom. The van der Waals surface area contributed by atoms with Crippen LogP contribution in [0.1, 0.15) is 61.8 Å². The minimum absolute atomic E-state index is 0.142. The van der Waals surface area contributed by atoms with Gasteiger partial charge in [0.15, 0.2) is 0 Å². The molecule has 0 radical (unpaired) electrons. The maximum atomic E-state index is 12.3. The van der Waals surface area contributed by atoms with Crippen molar-refractivity contribution in [1.29, 1.82) is 0 Å². The largest absolute Gasteiger partial charge is 0.381 e. The Morgan fingerprint density at radius 2 is 1.79 bits per heavy atom. The lowest BCUT2D eigenvalue weighted by Gasteiger charge is -2.55. The molecule has 0 bridgehead atoms. The summed E-state index contributed by atoms with van der Waals surface area (Å²) in [6.07, 6.45) is 4.42. The van der Waals surface area contributed by atoms with Crippen LogP contribution in [0.15, 0.2) is 42.7 Å². The van der Waals surface area contributed by atoms with E-state index in [0.29, 0.717) is 24.7 Å². The second-order valence-corrected chi connectivity index (χ2v) is 10.3. The molecule has 5 heteroatoms. The average molecular weight is 449 g/mol. The number of aliphatic hydroxyl groups is 2. The fourth-order valence-corrected chi connectivity index (χ4v) is 5.36. The molecule has 0 amide bonds.